The van der Waals surface area contributed by atoms with Gasteiger partial charge in [0.05, 0.1) is 12.6 Å². The van der Waals surface area contributed by atoms with Crippen LogP contribution in [-0.4, -0.2) is 43.5 Å². The van der Waals surface area contributed by atoms with Crippen LogP contribution >= 0.6 is 0 Å². The summed E-state index contributed by atoms with van der Waals surface area (Å²) in [7, 11) is 1.76. The van der Waals surface area contributed by atoms with E-state index in [0.29, 0.717) is 24.3 Å². The molecule has 1 aliphatic carbocycles. The number of Topliss-reactive ketones (excluding diaryl/α,β-unsaturated/α-hetero) is 1. The summed E-state index contributed by atoms with van der Waals surface area (Å²) < 4.78 is 5.30. The Hall–Kier alpha value is -0.410. The first-order valence-electron chi connectivity index (χ1n) is 6.07. The molecule has 1 saturated heterocycles. The molecule has 0 spiro atoms. The quantitative estimate of drug-likeness (QED) is 0.705. The van der Waals surface area contributed by atoms with Crippen LogP contribution in [0.2, 0.25) is 0 Å². The summed E-state index contributed by atoms with van der Waals surface area (Å²) in [6.07, 6.45) is 6.17. The number of carbonyl (C=O) groups is 1. The van der Waals surface area contributed by atoms with Crippen LogP contribution < -0.4 is 0 Å². The lowest BCUT2D eigenvalue weighted by Crippen LogP contribution is -2.31. The van der Waals surface area contributed by atoms with Crippen LogP contribution in [0, 0.1) is 5.92 Å². The van der Waals surface area contributed by atoms with E-state index < -0.39 is 0 Å². The molecule has 1 saturated carbocycles. The largest absolute Gasteiger partial charge is 0.380 e. The molecule has 86 valence electrons. The van der Waals surface area contributed by atoms with Gasteiger partial charge in [-0.25, -0.2) is 0 Å². The first kappa shape index (κ1) is 11.1. The highest BCUT2D eigenvalue weighted by Gasteiger charge is 2.28. The van der Waals surface area contributed by atoms with E-state index in [0.717, 1.165) is 32.4 Å². The molecule has 0 aromatic rings. The molecule has 2 rings (SSSR count). The lowest BCUT2D eigenvalue weighted by molar-refractivity contribution is -0.123. The summed E-state index contributed by atoms with van der Waals surface area (Å²) in [4.78, 5) is 14.2. The van der Waals surface area contributed by atoms with Crippen LogP contribution in [-0.2, 0) is 9.53 Å². The van der Waals surface area contributed by atoms with Crippen molar-refractivity contribution in [1.29, 1.82) is 0 Å². The van der Waals surface area contributed by atoms with E-state index in [2.05, 4.69) is 4.90 Å². The van der Waals surface area contributed by atoms with Gasteiger partial charge in [-0.15, -0.1) is 0 Å². The molecule has 1 aliphatic heterocycles. The van der Waals surface area contributed by atoms with Gasteiger partial charge in [0.25, 0.3) is 0 Å². The number of hydrogen-bond acceptors (Lipinski definition) is 3. The fraction of sp³-hybridized carbons (Fsp3) is 0.917. The molecule has 0 N–H and O–H groups in total. The van der Waals surface area contributed by atoms with Crippen molar-refractivity contribution in [3.05, 3.63) is 0 Å². The Morgan fingerprint density at radius 2 is 2.07 bits per heavy atom. The summed E-state index contributed by atoms with van der Waals surface area (Å²) in [5, 5.41) is 0. The zero-order valence-electron chi connectivity index (χ0n) is 9.58. The minimum Gasteiger partial charge on any atom is -0.380 e. The molecule has 2 fully saturated rings. The molecular weight excluding hydrogens is 190 g/mol. The molecule has 1 unspecified atom stereocenters. The summed E-state index contributed by atoms with van der Waals surface area (Å²) >= 11 is 0. The van der Waals surface area contributed by atoms with Gasteiger partial charge in [-0.3, -0.25) is 9.69 Å². The average molecular weight is 211 g/mol. The van der Waals surface area contributed by atoms with Crippen LogP contribution in [0.4, 0.5) is 0 Å². The number of rotatable bonds is 4. The number of carbonyl (C=O) groups excluding carboxylic acids is 1. The van der Waals surface area contributed by atoms with Crippen molar-refractivity contribution in [2.75, 3.05) is 26.7 Å². The van der Waals surface area contributed by atoms with Gasteiger partial charge in [0.1, 0.15) is 5.78 Å². The van der Waals surface area contributed by atoms with Gasteiger partial charge in [0, 0.05) is 26.1 Å². The standard InChI is InChI=1S/C12H21NO2/c1-15-11-6-7-13(8-11)9-12(14)10-4-2-3-5-10/h10-11H,2-9H2,1H3. The fourth-order valence-corrected chi connectivity index (χ4v) is 2.73. The Morgan fingerprint density at radius 1 is 1.33 bits per heavy atom. The summed E-state index contributed by atoms with van der Waals surface area (Å²) in [5.74, 6) is 0.829. The highest BCUT2D eigenvalue weighted by atomic mass is 16.5. The molecule has 0 aromatic carbocycles. The topological polar surface area (TPSA) is 29.5 Å². The molecule has 0 radical (unpaired) electrons. The second kappa shape index (κ2) is 5.08. The van der Waals surface area contributed by atoms with Crippen LogP contribution in [0.5, 0.6) is 0 Å². The number of ketones is 1. The fourth-order valence-electron chi connectivity index (χ4n) is 2.73. The van der Waals surface area contributed by atoms with Crippen molar-refractivity contribution < 1.29 is 9.53 Å². The maximum atomic E-state index is 11.9. The third kappa shape index (κ3) is 2.79. The van der Waals surface area contributed by atoms with E-state index in [1.807, 2.05) is 0 Å². The minimum atomic E-state index is 0.348. The third-order valence-electron chi connectivity index (χ3n) is 3.75. The molecule has 0 bridgehead atoms. The van der Waals surface area contributed by atoms with Crippen LogP contribution in [0.25, 0.3) is 0 Å². The van der Waals surface area contributed by atoms with E-state index in [1.54, 1.807) is 7.11 Å². The van der Waals surface area contributed by atoms with E-state index >= 15 is 0 Å². The predicted molar refractivity (Wildman–Crippen MR) is 58.8 cm³/mol. The van der Waals surface area contributed by atoms with E-state index in [-0.39, 0.29) is 0 Å². The molecular formula is C12H21NO2. The monoisotopic (exact) mass is 211 g/mol. The normalized spacial score (nSPS) is 28.7. The maximum absolute atomic E-state index is 11.9. The van der Waals surface area contributed by atoms with Crippen molar-refractivity contribution >= 4 is 5.78 Å². The Kier molecular flexibility index (Phi) is 3.76. The van der Waals surface area contributed by atoms with Crippen molar-refractivity contribution in [2.24, 2.45) is 5.92 Å². The first-order chi connectivity index (χ1) is 7.29. The Balaban J connectivity index is 1.74. The average Bonchev–Trinajstić information content (AvgIpc) is 2.87. The Bertz CT molecular complexity index is 224. The van der Waals surface area contributed by atoms with E-state index in [9.17, 15) is 4.79 Å². The minimum absolute atomic E-state index is 0.348. The van der Waals surface area contributed by atoms with Crippen LogP contribution in [0.15, 0.2) is 0 Å². The Labute approximate surface area is 91.8 Å². The molecule has 0 amide bonds. The van der Waals surface area contributed by atoms with Gasteiger partial charge in [0.15, 0.2) is 0 Å². The van der Waals surface area contributed by atoms with Crippen molar-refractivity contribution in [3.8, 4) is 0 Å². The van der Waals surface area contributed by atoms with E-state index in [1.165, 1.54) is 12.8 Å². The number of hydrogen-bond donors (Lipinski definition) is 0. The Morgan fingerprint density at radius 3 is 2.67 bits per heavy atom. The molecule has 15 heavy (non-hydrogen) atoms. The molecule has 1 heterocycles. The third-order valence-corrected chi connectivity index (χ3v) is 3.75. The lowest BCUT2D eigenvalue weighted by Gasteiger charge is -2.17. The molecule has 3 heteroatoms. The molecule has 3 nitrogen and oxygen atoms in total. The number of ether oxygens (including phenoxy) is 1. The summed E-state index contributed by atoms with van der Waals surface area (Å²) in [6.45, 7) is 2.62. The van der Waals surface area contributed by atoms with Gasteiger partial charge < -0.3 is 4.74 Å². The summed E-state index contributed by atoms with van der Waals surface area (Å²) in [6, 6.07) is 0. The SMILES string of the molecule is COC1CCN(CC(=O)C2CCCC2)C1. The van der Waals surface area contributed by atoms with Crippen LogP contribution in [0.3, 0.4) is 0 Å². The molecule has 0 aromatic heterocycles. The lowest BCUT2D eigenvalue weighted by atomic mass is 10.0. The highest BCUT2D eigenvalue weighted by molar-refractivity contribution is 5.83. The van der Waals surface area contributed by atoms with Crippen molar-refractivity contribution in [1.82, 2.24) is 4.90 Å². The second-order valence-electron chi connectivity index (χ2n) is 4.83. The van der Waals surface area contributed by atoms with Gasteiger partial charge >= 0.3 is 0 Å². The number of methoxy groups -OCH3 is 1. The number of nitrogens with zero attached hydrogens (tertiary/aromatic N) is 1. The smallest absolute Gasteiger partial charge is 0.149 e. The summed E-state index contributed by atoms with van der Waals surface area (Å²) in [5.41, 5.74) is 0. The van der Waals surface area contributed by atoms with E-state index in [4.69, 9.17) is 4.74 Å². The van der Waals surface area contributed by atoms with Gasteiger partial charge in [0.2, 0.25) is 0 Å². The highest BCUT2D eigenvalue weighted by Crippen LogP contribution is 2.26. The van der Waals surface area contributed by atoms with Crippen molar-refractivity contribution in [3.63, 3.8) is 0 Å². The van der Waals surface area contributed by atoms with Gasteiger partial charge in [-0.05, 0) is 19.3 Å². The number of likely N-dealkylation sites (tertiary alicyclic amines) is 1. The first-order valence-corrected chi connectivity index (χ1v) is 6.07. The maximum Gasteiger partial charge on any atom is 0.149 e. The predicted octanol–water partition coefficient (Wildman–Crippen LogP) is 1.47. The zero-order chi connectivity index (χ0) is 10.7. The molecule has 1 atom stereocenters. The molecule has 2 aliphatic rings. The second-order valence-corrected chi connectivity index (χ2v) is 4.83. The van der Waals surface area contributed by atoms with Crippen molar-refractivity contribution in [2.45, 2.75) is 38.2 Å². The van der Waals surface area contributed by atoms with Crippen LogP contribution in [0.1, 0.15) is 32.1 Å². The van der Waals surface area contributed by atoms with Gasteiger partial charge in [-0.2, -0.15) is 0 Å². The van der Waals surface area contributed by atoms with Gasteiger partial charge in [-0.1, -0.05) is 12.8 Å². The zero-order valence-corrected chi connectivity index (χ0v) is 9.58.